The molecule has 0 unspecified atom stereocenters. The molecule has 0 saturated heterocycles. The molecule has 0 N–H and O–H groups in total. The number of nitrogens with zero attached hydrogens (tertiary/aromatic N) is 3. The Hall–Kier alpha value is -7.50. The summed E-state index contributed by atoms with van der Waals surface area (Å²) in [6, 6.07) is 59.5. The van der Waals surface area contributed by atoms with Crippen molar-refractivity contribution in [3.05, 3.63) is 193 Å². The smallest absolute Gasteiger partial charge is 0.160 e. The summed E-state index contributed by atoms with van der Waals surface area (Å²) in [5, 5.41) is 9.05. The van der Waals surface area contributed by atoms with Crippen LogP contribution in [0.3, 0.4) is 0 Å². The van der Waals surface area contributed by atoms with Gasteiger partial charge in [-0.1, -0.05) is 115 Å². The molecule has 0 radical (unpaired) electrons. The van der Waals surface area contributed by atoms with Gasteiger partial charge in [0.15, 0.2) is 5.84 Å². The van der Waals surface area contributed by atoms with Gasteiger partial charge in [0.25, 0.3) is 0 Å². The molecular weight excluding hydrogens is 687 g/mol. The summed E-state index contributed by atoms with van der Waals surface area (Å²) < 4.78 is 15.3. The molecule has 5 nitrogen and oxygen atoms in total. The number of amidine groups is 1. The van der Waals surface area contributed by atoms with Crippen molar-refractivity contribution in [2.75, 3.05) is 0 Å². The van der Waals surface area contributed by atoms with Crippen molar-refractivity contribution in [2.45, 2.75) is 6.42 Å². The van der Waals surface area contributed by atoms with Gasteiger partial charge in [-0.3, -0.25) is 0 Å². The van der Waals surface area contributed by atoms with Crippen molar-refractivity contribution in [1.82, 2.24) is 4.57 Å². The van der Waals surface area contributed by atoms with Crippen molar-refractivity contribution >= 4 is 93.7 Å². The molecule has 8 aromatic carbocycles. The summed E-state index contributed by atoms with van der Waals surface area (Å²) in [6.07, 6.45) is 2.78. The van der Waals surface area contributed by atoms with Crippen LogP contribution in [0.5, 0.6) is 0 Å². The maximum Gasteiger partial charge on any atom is 0.160 e. The number of fused-ring (bicyclic) bond motifs is 10. The van der Waals surface area contributed by atoms with Crippen LogP contribution in [0.4, 0.5) is 0 Å². The van der Waals surface area contributed by atoms with Crippen molar-refractivity contribution in [3.8, 4) is 5.69 Å². The monoisotopic (exact) mass is 717 g/mol. The van der Waals surface area contributed by atoms with E-state index in [0.29, 0.717) is 12.3 Å². The molecule has 12 rings (SSSR count). The van der Waals surface area contributed by atoms with Gasteiger partial charge in [-0.2, -0.15) is 0 Å². The van der Waals surface area contributed by atoms with Crippen molar-refractivity contribution in [3.63, 3.8) is 0 Å². The van der Waals surface area contributed by atoms with E-state index in [2.05, 4.69) is 138 Å². The fourth-order valence-electron chi connectivity index (χ4n) is 8.64. The Bertz CT molecular complexity index is 3500. The Morgan fingerprint density at radius 1 is 0.446 bits per heavy atom. The fourth-order valence-corrected chi connectivity index (χ4v) is 8.64. The van der Waals surface area contributed by atoms with Gasteiger partial charge in [0, 0.05) is 55.9 Å². The second-order valence-corrected chi connectivity index (χ2v) is 14.5. The third-order valence-electron chi connectivity index (χ3n) is 11.2. The van der Waals surface area contributed by atoms with Crippen LogP contribution in [0.2, 0.25) is 0 Å². The van der Waals surface area contributed by atoms with Gasteiger partial charge in [-0.25, -0.2) is 9.98 Å². The summed E-state index contributed by atoms with van der Waals surface area (Å²) in [6.45, 7) is 0. The Morgan fingerprint density at radius 3 is 1.98 bits per heavy atom. The van der Waals surface area contributed by atoms with E-state index in [4.69, 9.17) is 18.8 Å². The van der Waals surface area contributed by atoms with E-state index in [9.17, 15) is 0 Å². The average Bonchev–Trinajstić information content (AvgIpc) is 3.85. The Kier molecular flexibility index (Phi) is 6.63. The number of aromatic nitrogens is 1. The first-order valence-corrected chi connectivity index (χ1v) is 18.9. The standard InChI is InChI=1S/C51H31N3O2/c1-2-12-31(13-3-1)42-23-24-43(53-51(52-42)34-22-25-48-40(27-34)37-17-7-10-20-46(37)55-48)41-29-35(30-49-50(41)38-18-8-11-21-47(38)56-49)54-44-19-9-6-16-36(44)39-26-32-14-4-5-15-33(32)28-45(39)54/h1-23,25-30H,24H2. The number of furan rings is 2. The average molecular weight is 718 g/mol. The lowest BCUT2D eigenvalue weighted by Crippen LogP contribution is -2.07. The lowest BCUT2D eigenvalue weighted by molar-refractivity contribution is 0.668. The summed E-state index contributed by atoms with van der Waals surface area (Å²) in [4.78, 5) is 10.8. The van der Waals surface area contributed by atoms with Crippen LogP contribution in [-0.4, -0.2) is 16.1 Å². The maximum absolute atomic E-state index is 6.71. The molecule has 11 aromatic rings. The molecule has 56 heavy (non-hydrogen) atoms. The zero-order valence-electron chi connectivity index (χ0n) is 30.1. The summed E-state index contributed by atoms with van der Waals surface area (Å²) in [5.41, 5.74) is 11.4. The summed E-state index contributed by atoms with van der Waals surface area (Å²) in [5.74, 6) is 0.648. The van der Waals surface area contributed by atoms with E-state index in [1.807, 2.05) is 42.5 Å². The van der Waals surface area contributed by atoms with Crippen molar-refractivity contribution < 1.29 is 8.83 Å². The third-order valence-corrected chi connectivity index (χ3v) is 11.2. The molecule has 0 bridgehead atoms. The van der Waals surface area contributed by atoms with Gasteiger partial charge in [0.2, 0.25) is 0 Å². The quantitative estimate of drug-likeness (QED) is 0.182. The predicted molar refractivity (Wildman–Crippen MR) is 231 cm³/mol. The van der Waals surface area contributed by atoms with Gasteiger partial charge >= 0.3 is 0 Å². The third kappa shape index (κ3) is 4.74. The molecule has 262 valence electrons. The summed E-state index contributed by atoms with van der Waals surface area (Å²) in [7, 11) is 0. The van der Waals surface area contributed by atoms with E-state index in [1.165, 1.54) is 21.5 Å². The highest BCUT2D eigenvalue weighted by molar-refractivity contribution is 6.24. The van der Waals surface area contributed by atoms with Gasteiger partial charge < -0.3 is 13.4 Å². The van der Waals surface area contributed by atoms with Gasteiger partial charge in [-0.05, 0) is 70.9 Å². The van der Waals surface area contributed by atoms with Crippen LogP contribution in [-0.2, 0) is 0 Å². The van der Waals surface area contributed by atoms with E-state index in [-0.39, 0.29) is 0 Å². The van der Waals surface area contributed by atoms with E-state index < -0.39 is 0 Å². The number of benzene rings is 8. The van der Waals surface area contributed by atoms with Crippen LogP contribution >= 0.6 is 0 Å². The normalized spacial score (nSPS) is 13.6. The van der Waals surface area contributed by atoms with Gasteiger partial charge in [0.1, 0.15) is 22.3 Å². The zero-order valence-corrected chi connectivity index (χ0v) is 30.1. The van der Waals surface area contributed by atoms with Gasteiger partial charge in [-0.15, -0.1) is 0 Å². The Labute approximate surface area is 320 Å². The Morgan fingerprint density at radius 2 is 1.12 bits per heavy atom. The number of aliphatic imine (C=N–C) groups is 2. The van der Waals surface area contributed by atoms with Crippen LogP contribution in [0.15, 0.2) is 195 Å². The highest BCUT2D eigenvalue weighted by atomic mass is 16.3. The molecule has 1 aliphatic heterocycles. The molecular formula is C51H31N3O2. The molecule has 0 spiro atoms. The lowest BCUT2D eigenvalue weighted by atomic mass is 9.98. The summed E-state index contributed by atoms with van der Waals surface area (Å²) >= 11 is 0. The number of hydrogen-bond donors (Lipinski definition) is 0. The molecule has 4 heterocycles. The van der Waals surface area contributed by atoms with E-state index in [0.717, 1.165) is 88.7 Å². The highest BCUT2D eigenvalue weighted by Gasteiger charge is 2.22. The number of hydrogen-bond acceptors (Lipinski definition) is 4. The van der Waals surface area contributed by atoms with Gasteiger partial charge in [0.05, 0.1) is 28.1 Å². The highest BCUT2D eigenvalue weighted by Crippen LogP contribution is 2.40. The second kappa shape index (κ2) is 12.0. The minimum atomic E-state index is 0.573. The molecule has 0 aliphatic carbocycles. The lowest BCUT2D eigenvalue weighted by Gasteiger charge is -2.13. The molecule has 3 aromatic heterocycles. The molecule has 5 heteroatoms. The number of allylic oxidation sites excluding steroid dienone is 1. The molecule has 0 amide bonds. The number of para-hydroxylation sites is 3. The SMILES string of the molecule is C1=C(c2ccccc2)N=C(c2ccc3oc4ccccc4c3c2)N=C(c2cc(-n3c4ccccc4c4cc5ccccc5cc43)cc3oc4ccccc4c23)C1. The van der Waals surface area contributed by atoms with Crippen LogP contribution in [0.1, 0.15) is 23.1 Å². The van der Waals surface area contributed by atoms with Crippen LogP contribution in [0.25, 0.3) is 87.8 Å². The topological polar surface area (TPSA) is 55.9 Å². The van der Waals surface area contributed by atoms with Crippen molar-refractivity contribution in [2.24, 2.45) is 9.98 Å². The first kappa shape index (κ1) is 30.9. The van der Waals surface area contributed by atoms with Crippen molar-refractivity contribution in [1.29, 1.82) is 0 Å². The fraction of sp³-hybridized carbons (Fsp3) is 0.0196. The van der Waals surface area contributed by atoms with E-state index in [1.54, 1.807) is 0 Å². The first-order chi connectivity index (χ1) is 27.7. The minimum absolute atomic E-state index is 0.573. The maximum atomic E-state index is 6.71. The molecule has 0 fully saturated rings. The van der Waals surface area contributed by atoms with Crippen LogP contribution in [0, 0.1) is 0 Å². The Balaban J connectivity index is 1.14. The zero-order chi connectivity index (χ0) is 36.7. The predicted octanol–water partition coefficient (Wildman–Crippen LogP) is 13.4. The van der Waals surface area contributed by atoms with Crippen LogP contribution < -0.4 is 0 Å². The molecule has 0 saturated carbocycles. The van der Waals surface area contributed by atoms with E-state index >= 15 is 0 Å². The second-order valence-electron chi connectivity index (χ2n) is 14.5. The molecule has 1 aliphatic rings. The minimum Gasteiger partial charge on any atom is -0.456 e. The number of rotatable bonds is 4. The largest absolute Gasteiger partial charge is 0.456 e. The molecule has 0 atom stereocenters. The first-order valence-electron chi connectivity index (χ1n) is 18.9.